The van der Waals surface area contributed by atoms with Crippen LogP contribution in [0.2, 0.25) is 0 Å². The second-order valence-electron chi connectivity index (χ2n) is 5.26. The number of likely N-dealkylation sites (N-methyl/N-ethyl adjacent to an activating group) is 1. The van der Waals surface area contributed by atoms with E-state index in [0.29, 0.717) is 17.5 Å². The quantitative estimate of drug-likeness (QED) is 0.797. The fourth-order valence-electron chi connectivity index (χ4n) is 1.84. The number of rotatable bonds is 7. The van der Waals surface area contributed by atoms with Gasteiger partial charge in [-0.15, -0.1) is 0 Å². The highest BCUT2D eigenvalue weighted by atomic mass is 16.5. The van der Waals surface area contributed by atoms with Crippen LogP contribution in [0.5, 0.6) is 5.75 Å². The normalized spacial score (nSPS) is 11.1. The number of hydrogen-bond acceptors (Lipinski definition) is 6. The van der Waals surface area contributed by atoms with Gasteiger partial charge in [0.2, 0.25) is 5.75 Å². The van der Waals surface area contributed by atoms with Crippen molar-refractivity contribution in [2.75, 3.05) is 51.5 Å². The van der Waals surface area contributed by atoms with E-state index in [9.17, 15) is 0 Å². The van der Waals surface area contributed by atoms with Crippen LogP contribution in [-0.4, -0.2) is 55.7 Å². The summed E-state index contributed by atoms with van der Waals surface area (Å²) >= 11 is 0. The van der Waals surface area contributed by atoms with Gasteiger partial charge in [0.15, 0.2) is 11.6 Å². The first-order chi connectivity index (χ1) is 8.95. The molecule has 108 valence electrons. The van der Waals surface area contributed by atoms with Crippen molar-refractivity contribution in [3.05, 3.63) is 6.33 Å². The molecule has 0 aromatic carbocycles. The van der Waals surface area contributed by atoms with E-state index in [-0.39, 0.29) is 0 Å². The van der Waals surface area contributed by atoms with Gasteiger partial charge in [-0.3, -0.25) is 0 Å². The number of nitrogens with zero attached hydrogens (tertiary/aromatic N) is 4. The Hall–Kier alpha value is -1.56. The highest BCUT2D eigenvalue weighted by Crippen LogP contribution is 2.30. The van der Waals surface area contributed by atoms with Crippen molar-refractivity contribution < 1.29 is 4.74 Å². The number of ether oxygens (including phenoxy) is 1. The Bertz CT molecular complexity index is 395. The lowest BCUT2D eigenvalue weighted by atomic mass is 10.2. The molecule has 6 heteroatoms. The van der Waals surface area contributed by atoms with E-state index in [4.69, 9.17) is 10.5 Å². The SMILES string of the molecule is COc1c(N)ncnc1N(CCN(C)C)CC(C)C. The molecule has 0 radical (unpaired) electrons. The third-order valence-electron chi connectivity index (χ3n) is 2.72. The Morgan fingerprint density at radius 1 is 1.26 bits per heavy atom. The molecule has 19 heavy (non-hydrogen) atoms. The first-order valence-corrected chi connectivity index (χ1v) is 6.49. The standard InChI is InChI=1S/C13H25N5O/c1-10(2)8-18(7-6-17(3)4)13-11(19-5)12(14)15-9-16-13/h9-10H,6-8H2,1-5H3,(H2,14,15,16). The zero-order chi connectivity index (χ0) is 14.4. The Morgan fingerprint density at radius 2 is 1.95 bits per heavy atom. The third kappa shape index (κ3) is 4.55. The van der Waals surface area contributed by atoms with Crippen LogP contribution in [0.25, 0.3) is 0 Å². The molecule has 2 N–H and O–H groups in total. The number of nitrogen functional groups attached to an aromatic ring is 1. The van der Waals surface area contributed by atoms with Crippen LogP contribution >= 0.6 is 0 Å². The van der Waals surface area contributed by atoms with Crippen molar-refractivity contribution in [3.8, 4) is 5.75 Å². The molecular formula is C13H25N5O. The van der Waals surface area contributed by atoms with E-state index in [0.717, 1.165) is 25.5 Å². The smallest absolute Gasteiger partial charge is 0.204 e. The fourth-order valence-corrected chi connectivity index (χ4v) is 1.84. The molecule has 1 rings (SSSR count). The van der Waals surface area contributed by atoms with E-state index < -0.39 is 0 Å². The van der Waals surface area contributed by atoms with Crippen LogP contribution in [0.4, 0.5) is 11.6 Å². The molecule has 0 saturated heterocycles. The Morgan fingerprint density at radius 3 is 2.47 bits per heavy atom. The minimum atomic E-state index is 0.381. The van der Waals surface area contributed by atoms with Gasteiger partial charge in [-0.2, -0.15) is 0 Å². The second-order valence-corrected chi connectivity index (χ2v) is 5.26. The van der Waals surface area contributed by atoms with Crippen LogP contribution in [0.15, 0.2) is 6.33 Å². The van der Waals surface area contributed by atoms with Crippen LogP contribution in [0, 0.1) is 5.92 Å². The molecule has 0 atom stereocenters. The molecule has 0 aliphatic heterocycles. The van der Waals surface area contributed by atoms with Crippen molar-refractivity contribution in [3.63, 3.8) is 0 Å². The molecule has 0 spiro atoms. The maximum Gasteiger partial charge on any atom is 0.204 e. The number of aromatic nitrogens is 2. The zero-order valence-corrected chi connectivity index (χ0v) is 12.6. The van der Waals surface area contributed by atoms with Gasteiger partial charge < -0.3 is 20.3 Å². The molecule has 0 amide bonds. The number of anilines is 2. The van der Waals surface area contributed by atoms with Gasteiger partial charge in [0.1, 0.15) is 6.33 Å². The second kappa shape index (κ2) is 7.13. The average Bonchev–Trinajstić information content (AvgIpc) is 2.33. The summed E-state index contributed by atoms with van der Waals surface area (Å²) in [5, 5.41) is 0. The van der Waals surface area contributed by atoms with E-state index in [2.05, 4.69) is 47.7 Å². The lowest BCUT2D eigenvalue weighted by Crippen LogP contribution is -2.35. The van der Waals surface area contributed by atoms with Gasteiger partial charge >= 0.3 is 0 Å². The minimum Gasteiger partial charge on any atom is -0.490 e. The lowest BCUT2D eigenvalue weighted by Gasteiger charge is -2.28. The fraction of sp³-hybridized carbons (Fsp3) is 0.692. The summed E-state index contributed by atoms with van der Waals surface area (Å²) in [6, 6.07) is 0. The summed E-state index contributed by atoms with van der Waals surface area (Å²) in [4.78, 5) is 12.6. The van der Waals surface area contributed by atoms with Gasteiger partial charge in [0.05, 0.1) is 7.11 Å². The van der Waals surface area contributed by atoms with Crippen LogP contribution < -0.4 is 15.4 Å². The summed E-state index contributed by atoms with van der Waals surface area (Å²) in [6.07, 6.45) is 1.48. The molecule has 0 unspecified atom stereocenters. The van der Waals surface area contributed by atoms with Crippen molar-refractivity contribution in [1.82, 2.24) is 14.9 Å². The molecular weight excluding hydrogens is 242 g/mol. The molecule has 0 bridgehead atoms. The molecule has 1 heterocycles. The summed E-state index contributed by atoms with van der Waals surface area (Å²) in [5.41, 5.74) is 5.84. The van der Waals surface area contributed by atoms with E-state index in [1.165, 1.54) is 6.33 Å². The molecule has 0 fully saturated rings. The summed E-state index contributed by atoms with van der Waals surface area (Å²) in [6.45, 7) is 7.08. The van der Waals surface area contributed by atoms with Gasteiger partial charge in [0, 0.05) is 19.6 Å². The largest absolute Gasteiger partial charge is 0.490 e. The monoisotopic (exact) mass is 267 g/mol. The van der Waals surface area contributed by atoms with Crippen molar-refractivity contribution in [1.29, 1.82) is 0 Å². The molecule has 6 nitrogen and oxygen atoms in total. The number of nitrogens with two attached hydrogens (primary N) is 1. The highest BCUT2D eigenvalue weighted by Gasteiger charge is 2.17. The van der Waals surface area contributed by atoms with Crippen LogP contribution in [-0.2, 0) is 0 Å². The Labute approximate surface area is 115 Å². The molecule has 0 aliphatic rings. The molecule has 1 aromatic heterocycles. The molecule has 0 aliphatic carbocycles. The topological polar surface area (TPSA) is 67.5 Å². The van der Waals surface area contributed by atoms with Crippen LogP contribution in [0.1, 0.15) is 13.8 Å². The predicted octanol–water partition coefficient (Wildman–Crippen LogP) is 1.09. The maximum absolute atomic E-state index is 5.84. The summed E-state index contributed by atoms with van der Waals surface area (Å²) in [5.74, 6) is 2.24. The van der Waals surface area contributed by atoms with Crippen molar-refractivity contribution >= 4 is 11.6 Å². The van der Waals surface area contributed by atoms with Gasteiger partial charge in [-0.05, 0) is 20.0 Å². The van der Waals surface area contributed by atoms with Crippen molar-refractivity contribution in [2.24, 2.45) is 5.92 Å². The Kier molecular flexibility index (Phi) is 5.82. The molecule has 0 saturated carbocycles. The van der Waals surface area contributed by atoms with Crippen LogP contribution in [0.3, 0.4) is 0 Å². The van der Waals surface area contributed by atoms with Gasteiger partial charge in [0.25, 0.3) is 0 Å². The third-order valence-corrected chi connectivity index (χ3v) is 2.72. The molecule has 1 aromatic rings. The summed E-state index contributed by atoms with van der Waals surface area (Å²) < 4.78 is 5.34. The van der Waals surface area contributed by atoms with E-state index >= 15 is 0 Å². The first kappa shape index (κ1) is 15.5. The average molecular weight is 267 g/mol. The van der Waals surface area contributed by atoms with E-state index in [1.807, 2.05) is 0 Å². The van der Waals surface area contributed by atoms with Crippen molar-refractivity contribution in [2.45, 2.75) is 13.8 Å². The highest BCUT2D eigenvalue weighted by molar-refractivity contribution is 5.62. The maximum atomic E-state index is 5.84. The Balaban J connectivity index is 2.98. The summed E-state index contributed by atoms with van der Waals surface area (Å²) in [7, 11) is 5.70. The van der Waals surface area contributed by atoms with Gasteiger partial charge in [-0.1, -0.05) is 13.8 Å². The predicted molar refractivity (Wildman–Crippen MR) is 78.6 cm³/mol. The minimum absolute atomic E-state index is 0.381. The van der Waals surface area contributed by atoms with E-state index in [1.54, 1.807) is 7.11 Å². The van der Waals surface area contributed by atoms with Gasteiger partial charge in [-0.25, -0.2) is 9.97 Å². The number of methoxy groups -OCH3 is 1. The first-order valence-electron chi connectivity index (χ1n) is 6.49. The lowest BCUT2D eigenvalue weighted by molar-refractivity contribution is 0.397. The zero-order valence-electron chi connectivity index (χ0n) is 12.6. The number of hydrogen-bond donors (Lipinski definition) is 1.